The first-order chi connectivity index (χ1) is 8.02. The maximum Gasteiger partial charge on any atom is 0.317 e. The number of hydrogen-bond acceptors (Lipinski definition) is 3. The Bertz CT molecular complexity index is 286. The lowest BCUT2D eigenvalue weighted by Gasteiger charge is -2.20. The third-order valence-electron chi connectivity index (χ3n) is 3.05. The molecule has 2 atom stereocenters. The van der Waals surface area contributed by atoms with Crippen LogP contribution in [0.5, 0.6) is 0 Å². The number of carboxylic acid groups (broad SMARTS) is 1. The zero-order chi connectivity index (χ0) is 12.8. The molecular formula is C11H20N2O3S. The minimum Gasteiger partial charge on any atom is -0.481 e. The minimum atomic E-state index is -0.882. The number of urea groups is 1. The van der Waals surface area contributed by atoms with E-state index in [1.165, 1.54) is 4.90 Å². The van der Waals surface area contributed by atoms with Gasteiger partial charge in [-0.3, -0.25) is 4.79 Å². The molecule has 0 aromatic heterocycles. The van der Waals surface area contributed by atoms with E-state index in [0.29, 0.717) is 5.25 Å². The molecule has 5 nitrogen and oxygen atoms in total. The van der Waals surface area contributed by atoms with E-state index < -0.39 is 5.97 Å². The lowest BCUT2D eigenvalue weighted by molar-refractivity contribution is -0.137. The van der Waals surface area contributed by atoms with E-state index in [0.717, 1.165) is 19.3 Å². The number of carboxylic acids is 1. The molecule has 98 valence electrons. The van der Waals surface area contributed by atoms with Crippen LogP contribution >= 0.6 is 11.8 Å². The van der Waals surface area contributed by atoms with Crippen LogP contribution < -0.4 is 5.32 Å². The molecule has 0 spiro atoms. The second-order valence-electron chi connectivity index (χ2n) is 4.38. The second kappa shape index (κ2) is 6.74. The van der Waals surface area contributed by atoms with Gasteiger partial charge in [0.05, 0.1) is 6.42 Å². The summed E-state index contributed by atoms with van der Waals surface area (Å²) in [6.45, 7) is 0.250. The predicted octanol–water partition coefficient (Wildman–Crippen LogP) is 1.39. The summed E-state index contributed by atoms with van der Waals surface area (Å²) in [4.78, 5) is 23.5. The molecule has 0 radical (unpaired) electrons. The van der Waals surface area contributed by atoms with Gasteiger partial charge >= 0.3 is 12.0 Å². The number of carbonyl (C=O) groups is 2. The number of amides is 2. The Labute approximate surface area is 106 Å². The van der Waals surface area contributed by atoms with Crippen LogP contribution in [-0.4, -0.2) is 53.1 Å². The highest BCUT2D eigenvalue weighted by Crippen LogP contribution is 2.28. The van der Waals surface area contributed by atoms with Gasteiger partial charge in [-0.25, -0.2) is 4.79 Å². The predicted molar refractivity (Wildman–Crippen MR) is 68.4 cm³/mol. The van der Waals surface area contributed by atoms with Crippen LogP contribution in [0.4, 0.5) is 4.79 Å². The Morgan fingerprint density at radius 2 is 2.18 bits per heavy atom. The summed E-state index contributed by atoms with van der Waals surface area (Å²) in [5.41, 5.74) is 0. The van der Waals surface area contributed by atoms with Gasteiger partial charge in [0.25, 0.3) is 0 Å². The fourth-order valence-corrected chi connectivity index (χ4v) is 2.73. The van der Waals surface area contributed by atoms with Crippen molar-refractivity contribution >= 4 is 23.8 Å². The third kappa shape index (κ3) is 4.85. The number of nitrogens with zero attached hydrogens (tertiary/aromatic N) is 1. The van der Waals surface area contributed by atoms with E-state index in [2.05, 4.69) is 11.6 Å². The van der Waals surface area contributed by atoms with Gasteiger partial charge in [0.2, 0.25) is 0 Å². The normalized spacial score (nSPS) is 23.4. The number of hydrogen-bond donors (Lipinski definition) is 2. The average Bonchev–Trinajstić information content (AvgIpc) is 2.73. The van der Waals surface area contributed by atoms with Gasteiger partial charge in [-0.2, -0.15) is 11.8 Å². The summed E-state index contributed by atoms with van der Waals surface area (Å²) in [7, 11) is 1.62. The molecule has 0 aromatic carbocycles. The maximum absolute atomic E-state index is 11.7. The molecule has 1 fully saturated rings. The zero-order valence-electron chi connectivity index (χ0n) is 10.3. The number of rotatable bonds is 5. The van der Waals surface area contributed by atoms with Gasteiger partial charge in [-0.1, -0.05) is 0 Å². The second-order valence-corrected chi connectivity index (χ2v) is 5.52. The SMILES string of the molecule is CSC1CCC(NC(=O)N(C)CCC(=O)O)C1. The van der Waals surface area contributed by atoms with Crippen LogP contribution in [0.15, 0.2) is 0 Å². The molecular weight excluding hydrogens is 240 g/mol. The topological polar surface area (TPSA) is 69.6 Å². The van der Waals surface area contributed by atoms with E-state index in [9.17, 15) is 9.59 Å². The molecule has 6 heteroatoms. The van der Waals surface area contributed by atoms with Crippen molar-refractivity contribution in [3.8, 4) is 0 Å². The van der Waals surface area contributed by atoms with Gasteiger partial charge in [0.1, 0.15) is 0 Å². The van der Waals surface area contributed by atoms with Crippen LogP contribution in [0.25, 0.3) is 0 Å². The minimum absolute atomic E-state index is 0.0119. The Hall–Kier alpha value is -0.910. The van der Waals surface area contributed by atoms with Crippen molar-refractivity contribution in [2.45, 2.75) is 37.0 Å². The molecule has 2 amide bonds. The molecule has 17 heavy (non-hydrogen) atoms. The molecule has 0 bridgehead atoms. The number of thioether (sulfide) groups is 1. The summed E-state index contributed by atoms with van der Waals surface area (Å²) < 4.78 is 0. The Balaban J connectivity index is 2.26. The lowest BCUT2D eigenvalue weighted by atomic mass is 10.2. The molecule has 1 aliphatic rings. The summed E-state index contributed by atoms with van der Waals surface area (Å²) in [6, 6.07) is 0.0743. The van der Waals surface area contributed by atoms with Gasteiger partial charge in [0.15, 0.2) is 0 Å². The molecule has 0 aromatic rings. The van der Waals surface area contributed by atoms with Crippen molar-refractivity contribution in [2.24, 2.45) is 0 Å². The maximum atomic E-state index is 11.7. The first-order valence-corrected chi connectivity index (χ1v) is 7.08. The molecule has 2 unspecified atom stereocenters. The van der Waals surface area contributed by atoms with Crippen LogP contribution in [0.2, 0.25) is 0 Å². The van der Waals surface area contributed by atoms with E-state index in [4.69, 9.17) is 5.11 Å². The molecule has 1 saturated carbocycles. The highest BCUT2D eigenvalue weighted by Gasteiger charge is 2.25. The summed E-state index contributed by atoms with van der Waals surface area (Å²) >= 11 is 1.84. The Morgan fingerprint density at radius 3 is 2.71 bits per heavy atom. The molecule has 0 heterocycles. The first-order valence-electron chi connectivity index (χ1n) is 5.79. The molecule has 1 rings (SSSR count). The van der Waals surface area contributed by atoms with E-state index in [1.807, 2.05) is 11.8 Å². The quantitative estimate of drug-likeness (QED) is 0.783. The number of carbonyl (C=O) groups excluding carboxylic acids is 1. The lowest BCUT2D eigenvalue weighted by Crippen LogP contribution is -2.42. The summed E-state index contributed by atoms with van der Waals surface area (Å²) in [5, 5.41) is 12.1. The third-order valence-corrected chi connectivity index (χ3v) is 4.15. The molecule has 2 N–H and O–H groups in total. The average molecular weight is 260 g/mol. The molecule has 1 aliphatic carbocycles. The first kappa shape index (κ1) is 14.2. The van der Waals surface area contributed by atoms with E-state index >= 15 is 0 Å². The van der Waals surface area contributed by atoms with Gasteiger partial charge in [0, 0.05) is 24.9 Å². The molecule has 0 saturated heterocycles. The monoisotopic (exact) mass is 260 g/mol. The highest BCUT2D eigenvalue weighted by atomic mass is 32.2. The summed E-state index contributed by atoms with van der Waals surface area (Å²) in [6.07, 6.45) is 5.25. The van der Waals surface area contributed by atoms with Crippen LogP contribution in [0.1, 0.15) is 25.7 Å². The van der Waals surface area contributed by atoms with Crippen molar-refractivity contribution < 1.29 is 14.7 Å². The fraction of sp³-hybridized carbons (Fsp3) is 0.818. The van der Waals surface area contributed by atoms with Crippen molar-refractivity contribution in [2.75, 3.05) is 19.8 Å². The van der Waals surface area contributed by atoms with Crippen molar-refractivity contribution in [1.82, 2.24) is 10.2 Å². The van der Waals surface area contributed by atoms with Crippen LogP contribution in [-0.2, 0) is 4.79 Å². The molecule has 0 aliphatic heterocycles. The van der Waals surface area contributed by atoms with Crippen LogP contribution in [0, 0.1) is 0 Å². The Kier molecular flexibility index (Phi) is 5.61. The van der Waals surface area contributed by atoms with E-state index in [1.54, 1.807) is 7.05 Å². The highest BCUT2D eigenvalue weighted by molar-refractivity contribution is 7.99. The number of nitrogens with one attached hydrogen (secondary N) is 1. The summed E-state index contributed by atoms with van der Waals surface area (Å²) in [5.74, 6) is -0.882. The Morgan fingerprint density at radius 1 is 1.47 bits per heavy atom. The fourth-order valence-electron chi connectivity index (χ4n) is 1.93. The number of aliphatic carboxylic acids is 1. The van der Waals surface area contributed by atoms with E-state index in [-0.39, 0.29) is 25.0 Å². The smallest absolute Gasteiger partial charge is 0.317 e. The standard InChI is InChI=1S/C11H20N2O3S/c1-13(6-5-10(14)15)11(16)12-8-3-4-9(7-8)17-2/h8-9H,3-7H2,1-2H3,(H,12,16)(H,14,15). The van der Waals surface area contributed by atoms with Gasteiger partial charge in [-0.05, 0) is 25.5 Å². The van der Waals surface area contributed by atoms with Crippen molar-refractivity contribution in [1.29, 1.82) is 0 Å². The largest absolute Gasteiger partial charge is 0.481 e. The van der Waals surface area contributed by atoms with Crippen molar-refractivity contribution in [3.63, 3.8) is 0 Å². The van der Waals surface area contributed by atoms with Gasteiger partial charge in [-0.15, -0.1) is 0 Å². The van der Waals surface area contributed by atoms with Crippen LogP contribution in [0.3, 0.4) is 0 Å². The zero-order valence-corrected chi connectivity index (χ0v) is 11.1. The van der Waals surface area contributed by atoms with Gasteiger partial charge < -0.3 is 15.3 Å². The van der Waals surface area contributed by atoms with Crippen molar-refractivity contribution in [3.05, 3.63) is 0 Å².